The third kappa shape index (κ3) is 4.60. The van der Waals surface area contributed by atoms with Crippen molar-refractivity contribution in [1.82, 2.24) is 0 Å². The Morgan fingerprint density at radius 1 is 0.453 bits per heavy atom. The van der Waals surface area contributed by atoms with Crippen molar-refractivity contribution in [3.05, 3.63) is 233 Å². The number of aryl methyl sites for hydroxylation is 3. The van der Waals surface area contributed by atoms with E-state index >= 15 is 0 Å². The molecule has 0 radical (unpaired) electrons. The molecule has 14 rings (SSSR count). The van der Waals surface area contributed by atoms with Crippen LogP contribution in [-0.2, 0) is 5.41 Å². The van der Waals surface area contributed by atoms with E-state index in [9.17, 15) is 0 Å². The Kier molecular flexibility index (Phi) is 7.38. The zero-order chi connectivity index (χ0) is 42.4. The fourth-order valence-electron chi connectivity index (χ4n) is 12.2. The van der Waals surface area contributed by atoms with Crippen LogP contribution >= 0.6 is 11.3 Å². The Morgan fingerprint density at radius 2 is 1.03 bits per heavy atom. The summed E-state index contributed by atoms with van der Waals surface area (Å²) in [5.74, 6) is 0. The number of thiophene rings is 1. The molecule has 0 amide bonds. The van der Waals surface area contributed by atoms with Crippen LogP contribution in [0.3, 0.4) is 0 Å². The monoisotopic (exact) mass is 832 g/mol. The summed E-state index contributed by atoms with van der Waals surface area (Å²) in [7, 11) is 0. The second-order valence-corrected chi connectivity index (χ2v) is 19.2. The lowest BCUT2D eigenvalue weighted by molar-refractivity contribution is 0.795. The van der Waals surface area contributed by atoms with Crippen molar-refractivity contribution in [3.8, 4) is 33.4 Å². The molecule has 0 unspecified atom stereocenters. The average molecular weight is 833 g/mol. The van der Waals surface area contributed by atoms with E-state index in [1.54, 1.807) is 0 Å². The van der Waals surface area contributed by atoms with Gasteiger partial charge in [0.1, 0.15) is 0 Å². The molecule has 0 saturated heterocycles. The normalized spacial score (nSPS) is 14.2. The van der Waals surface area contributed by atoms with Gasteiger partial charge in [-0.2, -0.15) is 0 Å². The van der Waals surface area contributed by atoms with Crippen LogP contribution in [-0.4, -0.2) is 6.71 Å². The number of hydrogen-bond acceptors (Lipinski definition) is 3. The quantitative estimate of drug-likeness (QED) is 0.164. The third-order valence-electron chi connectivity index (χ3n) is 14.8. The van der Waals surface area contributed by atoms with Crippen LogP contribution < -0.4 is 25.5 Å². The summed E-state index contributed by atoms with van der Waals surface area (Å²) in [5.41, 5.74) is 26.9. The molecule has 9 aromatic carbocycles. The first-order chi connectivity index (χ1) is 31.5. The minimum Gasteiger partial charge on any atom is -0.311 e. The van der Waals surface area contributed by atoms with Crippen molar-refractivity contribution in [2.45, 2.75) is 26.2 Å². The standard InChI is InChI=1S/C60H41BN2S/c1-36-27-30-41(31-28-36)63-53-26-14-25-52-57(53)61(51-32-29-39(56-37(2)15-13-16-38(56)3)33-54(51)62(52)40-17-5-4-6-18-40)59-58(63)46-34-45-44-21-9-12-24-49(44)60(50(45)35-55(46)64-59)47-22-10-7-19-42(47)43-20-8-11-23-48(43)60/h4-35H,1-3H3. The van der Waals surface area contributed by atoms with Gasteiger partial charge in [-0.1, -0.05) is 145 Å². The van der Waals surface area contributed by atoms with Crippen LogP contribution in [0.1, 0.15) is 38.9 Å². The average Bonchev–Trinajstić information content (AvgIpc) is 3.95. The van der Waals surface area contributed by atoms with Crippen LogP contribution in [0.4, 0.5) is 34.1 Å². The summed E-state index contributed by atoms with van der Waals surface area (Å²) in [4.78, 5) is 5.11. The van der Waals surface area contributed by atoms with E-state index in [0.717, 1.165) is 5.69 Å². The Bertz CT molecular complexity index is 3560. The summed E-state index contributed by atoms with van der Waals surface area (Å²) in [6.07, 6.45) is 0. The molecular formula is C60H41BN2S. The molecule has 2 nitrogen and oxygen atoms in total. The van der Waals surface area contributed by atoms with Crippen molar-refractivity contribution in [3.63, 3.8) is 0 Å². The maximum absolute atomic E-state index is 2.59. The number of rotatable bonds is 3. The molecule has 2 aliphatic heterocycles. The zero-order valence-electron chi connectivity index (χ0n) is 35.9. The summed E-state index contributed by atoms with van der Waals surface area (Å²) >= 11 is 2.00. The second kappa shape index (κ2) is 13.1. The number of benzene rings is 9. The van der Waals surface area contributed by atoms with E-state index in [4.69, 9.17) is 0 Å². The number of nitrogens with zero attached hydrogens (tertiary/aromatic N) is 2. The van der Waals surface area contributed by atoms with Gasteiger partial charge in [-0.3, -0.25) is 0 Å². The highest BCUT2D eigenvalue weighted by molar-refractivity contribution is 7.33. The maximum Gasteiger partial charge on any atom is 0.264 e. The Balaban J connectivity index is 1.09. The van der Waals surface area contributed by atoms with Gasteiger partial charge < -0.3 is 9.80 Å². The van der Waals surface area contributed by atoms with Gasteiger partial charge in [-0.05, 0) is 153 Å². The molecule has 64 heavy (non-hydrogen) atoms. The van der Waals surface area contributed by atoms with Crippen molar-refractivity contribution in [1.29, 1.82) is 0 Å². The first kappa shape index (κ1) is 36.1. The lowest BCUT2D eigenvalue weighted by Crippen LogP contribution is -2.60. The lowest BCUT2D eigenvalue weighted by Gasteiger charge is -2.43. The van der Waals surface area contributed by atoms with E-state index in [2.05, 4.69) is 225 Å². The van der Waals surface area contributed by atoms with E-state index < -0.39 is 5.41 Å². The summed E-state index contributed by atoms with van der Waals surface area (Å²) < 4.78 is 2.71. The summed E-state index contributed by atoms with van der Waals surface area (Å²) in [6, 6.07) is 73.7. The first-order valence-electron chi connectivity index (χ1n) is 22.5. The Hall–Kier alpha value is -7.40. The number of para-hydroxylation sites is 1. The van der Waals surface area contributed by atoms with Crippen LogP contribution in [0.5, 0.6) is 0 Å². The first-order valence-corrected chi connectivity index (χ1v) is 23.3. The van der Waals surface area contributed by atoms with Gasteiger partial charge in [0.2, 0.25) is 0 Å². The van der Waals surface area contributed by atoms with Gasteiger partial charge in [0.05, 0.1) is 11.1 Å². The highest BCUT2D eigenvalue weighted by Gasteiger charge is 2.52. The van der Waals surface area contributed by atoms with Crippen molar-refractivity contribution < 1.29 is 0 Å². The summed E-state index contributed by atoms with van der Waals surface area (Å²) in [5, 5.41) is 1.31. The maximum atomic E-state index is 2.59. The zero-order valence-corrected chi connectivity index (χ0v) is 36.7. The van der Waals surface area contributed by atoms with E-state index in [-0.39, 0.29) is 6.71 Å². The molecule has 0 bridgehead atoms. The molecule has 1 aromatic heterocycles. The second-order valence-electron chi connectivity index (χ2n) is 18.1. The molecule has 0 atom stereocenters. The fraction of sp³-hybridized carbons (Fsp3) is 0.0667. The molecule has 0 fully saturated rings. The molecule has 10 aromatic rings. The lowest BCUT2D eigenvalue weighted by atomic mass is 9.36. The van der Waals surface area contributed by atoms with Gasteiger partial charge in [0.25, 0.3) is 6.71 Å². The van der Waals surface area contributed by atoms with Gasteiger partial charge in [-0.25, -0.2) is 0 Å². The molecule has 4 heteroatoms. The molecule has 0 saturated carbocycles. The largest absolute Gasteiger partial charge is 0.311 e. The van der Waals surface area contributed by atoms with Crippen LogP contribution in [0, 0.1) is 20.8 Å². The minimum atomic E-state index is -0.400. The molecule has 300 valence electrons. The topological polar surface area (TPSA) is 6.48 Å². The molecule has 3 heterocycles. The predicted molar refractivity (Wildman–Crippen MR) is 272 cm³/mol. The minimum absolute atomic E-state index is 0.0336. The van der Waals surface area contributed by atoms with E-state index in [1.807, 2.05) is 11.3 Å². The Labute approximate surface area is 378 Å². The van der Waals surface area contributed by atoms with Gasteiger partial charge in [-0.15, -0.1) is 11.3 Å². The molecule has 1 spiro atoms. The van der Waals surface area contributed by atoms with Crippen LogP contribution in [0.25, 0.3) is 43.5 Å². The van der Waals surface area contributed by atoms with Crippen LogP contribution in [0.2, 0.25) is 0 Å². The fourth-order valence-corrected chi connectivity index (χ4v) is 13.6. The van der Waals surface area contributed by atoms with Crippen molar-refractivity contribution in [2.24, 2.45) is 0 Å². The number of hydrogen-bond donors (Lipinski definition) is 0. The predicted octanol–water partition coefficient (Wildman–Crippen LogP) is 13.9. The molecular weight excluding hydrogens is 792 g/mol. The van der Waals surface area contributed by atoms with Gasteiger partial charge >= 0.3 is 0 Å². The molecule has 2 aliphatic carbocycles. The third-order valence-corrected chi connectivity index (χ3v) is 16.0. The Morgan fingerprint density at radius 3 is 1.70 bits per heavy atom. The molecule has 0 N–H and O–H groups in total. The van der Waals surface area contributed by atoms with Crippen molar-refractivity contribution >= 4 is 78.0 Å². The van der Waals surface area contributed by atoms with E-state index in [0.29, 0.717) is 0 Å². The van der Waals surface area contributed by atoms with E-state index in [1.165, 1.54) is 127 Å². The molecule has 4 aliphatic rings. The van der Waals surface area contributed by atoms with Crippen LogP contribution in [0.15, 0.2) is 194 Å². The van der Waals surface area contributed by atoms with Gasteiger partial charge in [0.15, 0.2) is 0 Å². The number of fused-ring (bicyclic) bond motifs is 16. The highest BCUT2D eigenvalue weighted by atomic mass is 32.1. The SMILES string of the molecule is Cc1ccc(N2c3cccc4c3B(c3ccc(-c5c(C)cccc5C)cc3N4c3ccccc3)c3sc4cc5c(cc4c32)-c2ccccc2C52c3ccccc3-c3ccccc32)cc1. The summed E-state index contributed by atoms with van der Waals surface area (Å²) in [6.45, 7) is 6.70. The van der Waals surface area contributed by atoms with Gasteiger partial charge in [0, 0.05) is 43.3 Å². The number of anilines is 6. The highest BCUT2D eigenvalue weighted by Crippen LogP contribution is 2.64. The smallest absolute Gasteiger partial charge is 0.264 e. The van der Waals surface area contributed by atoms with Crippen molar-refractivity contribution in [2.75, 3.05) is 9.80 Å².